The molecular weight excluding hydrogens is 336 g/mol. The molecule has 0 radical (unpaired) electrons. The zero-order chi connectivity index (χ0) is 15.0. The van der Waals surface area contributed by atoms with Crippen LogP contribution in [0, 0.1) is 0 Å². The number of halogens is 3. The zero-order valence-electron chi connectivity index (χ0n) is 10.9. The standard InChI is InChI=1S/C13H16BrF2NO3/c1-19-8-9(14)6-7-17-12(18)10-4-2-3-5-11(10)20-13(15)16/h2-5,9,13H,6-8H2,1H3,(H,17,18). The summed E-state index contributed by atoms with van der Waals surface area (Å²) in [5, 5.41) is 2.65. The summed E-state index contributed by atoms with van der Waals surface area (Å²) >= 11 is 3.39. The summed E-state index contributed by atoms with van der Waals surface area (Å²) in [5.41, 5.74) is 0.0886. The number of hydrogen-bond acceptors (Lipinski definition) is 3. The third kappa shape index (κ3) is 5.83. The lowest BCUT2D eigenvalue weighted by Gasteiger charge is -2.12. The molecule has 0 aliphatic rings. The minimum atomic E-state index is -2.96. The first-order valence-corrected chi connectivity index (χ1v) is 6.91. The Morgan fingerprint density at radius 3 is 2.75 bits per heavy atom. The Balaban J connectivity index is 2.55. The van der Waals surface area contributed by atoms with Crippen molar-refractivity contribution in [1.29, 1.82) is 0 Å². The fourth-order valence-corrected chi connectivity index (χ4v) is 2.05. The Morgan fingerprint density at radius 1 is 1.40 bits per heavy atom. The molecule has 0 heterocycles. The van der Waals surface area contributed by atoms with E-state index < -0.39 is 12.5 Å². The second-order valence-corrected chi connectivity index (χ2v) is 5.27. The van der Waals surface area contributed by atoms with Gasteiger partial charge < -0.3 is 14.8 Å². The van der Waals surface area contributed by atoms with Gasteiger partial charge in [-0.25, -0.2) is 0 Å². The molecule has 1 N–H and O–H groups in total. The number of ether oxygens (including phenoxy) is 2. The molecular formula is C13H16BrF2NO3. The van der Waals surface area contributed by atoms with Crippen LogP contribution >= 0.6 is 15.9 Å². The van der Waals surface area contributed by atoms with Gasteiger partial charge in [-0.15, -0.1) is 0 Å². The lowest BCUT2D eigenvalue weighted by molar-refractivity contribution is -0.0501. The Bertz CT molecular complexity index is 432. The molecule has 0 aliphatic heterocycles. The van der Waals surface area contributed by atoms with Crippen LogP contribution in [-0.4, -0.2) is 37.6 Å². The topological polar surface area (TPSA) is 47.6 Å². The highest BCUT2D eigenvalue weighted by atomic mass is 79.9. The Hall–Kier alpha value is -1.21. The van der Waals surface area contributed by atoms with E-state index >= 15 is 0 Å². The van der Waals surface area contributed by atoms with E-state index in [4.69, 9.17) is 4.74 Å². The molecule has 0 aliphatic carbocycles. The van der Waals surface area contributed by atoms with Gasteiger partial charge in [0.25, 0.3) is 5.91 Å². The number of nitrogens with one attached hydrogen (secondary N) is 1. The van der Waals surface area contributed by atoms with Crippen LogP contribution in [0.2, 0.25) is 0 Å². The van der Waals surface area contributed by atoms with Crippen LogP contribution in [0.4, 0.5) is 8.78 Å². The van der Waals surface area contributed by atoms with Crippen LogP contribution in [-0.2, 0) is 4.74 Å². The molecule has 0 saturated heterocycles. The van der Waals surface area contributed by atoms with E-state index in [1.54, 1.807) is 13.2 Å². The van der Waals surface area contributed by atoms with Crippen LogP contribution in [0.15, 0.2) is 24.3 Å². The van der Waals surface area contributed by atoms with Crippen molar-refractivity contribution >= 4 is 21.8 Å². The molecule has 0 aromatic heterocycles. The predicted octanol–water partition coefficient (Wildman–Crippen LogP) is 2.82. The van der Waals surface area contributed by atoms with E-state index in [0.29, 0.717) is 19.6 Å². The molecule has 20 heavy (non-hydrogen) atoms. The van der Waals surface area contributed by atoms with E-state index in [1.165, 1.54) is 18.2 Å². The fourth-order valence-electron chi connectivity index (χ4n) is 1.55. The third-order valence-electron chi connectivity index (χ3n) is 2.44. The highest BCUT2D eigenvalue weighted by Crippen LogP contribution is 2.20. The highest BCUT2D eigenvalue weighted by molar-refractivity contribution is 9.09. The molecule has 1 rings (SSSR count). The molecule has 1 unspecified atom stereocenters. The largest absolute Gasteiger partial charge is 0.434 e. The van der Waals surface area contributed by atoms with Crippen molar-refractivity contribution in [3.05, 3.63) is 29.8 Å². The second-order valence-electron chi connectivity index (χ2n) is 3.97. The van der Waals surface area contributed by atoms with Crippen molar-refractivity contribution < 1.29 is 23.0 Å². The molecule has 4 nitrogen and oxygen atoms in total. The summed E-state index contributed by atoms with van der Waals surface area (Å²) in [6.07, 6.45) is 0.664. The zero-order valence-corrected chi connectivity index (χ0v) is 12.5. The number of carbonyl (C=O) groups excluding carboxylic acids is 1. The van der Waals surface area contributed by atoms with E-state index in [2.05, 4.69) is 26.0 Å². The van der Waals surface area contributed by atoms with Crippen molar-refractivity contribution in [1.82, 2.24) is 5.32 Å². The van der Waals surface area contributed by atoms with E-state index in [-0.39, 0.29) is 16.1 Å². The summed E-state index contributed by atoms with van der Waals surface area (Å²) in [6, 6.07) is 5.89. The van der Waals surface area contributed by atoms with Gasteiger partial charge in [0, 0.05) is 18.5 Å². The molecule has 112 valence electrons. The van der Waals surface area contributed by atoms with Crippen LogP contribution in [0.3, 0.4) is 0 Å². The van der Waals surface area contributed by atoms with Crippen molar-refractivity contribution in [2.75, 3.05) is 20.3 Å². The average molecular weight is 352 g/mol. The van der Waals surface area contributed by atoms with Gasteiger partial charge in [-0.05, 0) is 18.6 Å². The average Bonchev–Trinajstić information content (AvgIpc) is 2.38. The number of rotatable bonds is 8. The first-order chi connectivity index (χ1) is 9.54. The summed E-state index contributed by atoms with van der Waals surface area (Å²) in [6.45, 7) is -2.03. The fraction of sp³-hybridized carbons (Fsp3) is 0.462. The maximum Gasteiger partial charge on any atom is 0.387 e. The van der Waals surface area contributed by atoms with Crippen LogP contribution in [0.1, 0.15) is 16.8 Å². The molecule has 0 bridgehead atoms. The summed E-state index contributed by atoms with van der Waals surface area (Å²) in [5.74, 6) is -0.578. The Labute approximate surface area is 124 Å². The lowest BCUT2D eigenvalue weighted by atomic mass is 10.2. The van der Waals surface area contributed by atoms with Crippen molar-refractivity contribution in [3.63, 3.8) is 0 Å². The van der Waals surface area contributed by atoms with Crippen molar-refractivity contribution in [2.45, 2.75) is 17.9 Å². The normalized spacial score (nSPS) is 12.2. The minimum Gasteiger partial charge on any atom is -0.434 e. The van der Waals surface area contributed by atoms with Crippen molar-refractivity contribution in [3.8, 4) is 5.75 Å². The monoisotopic (exact) mass is 351 g/mol. The lowest BCUT2D eigenvalue weighted by Crippen LogP contribution is -2.27. The van der Waals surface area contributed by atoms with Crippen LogP contribution in [0.25, 0.3) is 0 Å². The second kappa shape index (κ2) is 8.86. The quantitative estimate of drug-likeness (QED) is 0.732. The van der Waals surface area contributed by atoms with Gasteiger partial charge in [0.15, 0.2) is 0 Å². The number of alkyl halides is 3. The number of methoxy groups -OCH3 is 1. The van der Waals surface area contributed by atoms with Gasteiger partial charge in [-0.3, -0.25) is 4.79 Å². The smallest absolute Gasteiger partial charge is 0.387 e. The van der Waals surface area contributed by atoms with Gasteiger partial charge in [0.05, 0.1) is 12.2 Å². The SMILES string of the molecule is COCC(Br)CCNC(=O)c1ccccc1OC(F)F. The minimum absolute atomic E-state index is 0.0886. The molecule has 1 atom stereocenters. The molecule has 1 aromatic rings. The molecule has 1 aromatic carbocycles. The summed E-state index contributed by atoms with van der Waals surface area (Å²) in [7, 11) is 1.59. The Kier molecular flexibility index (Phi) is 7.46. The third-order valence-corrected chi connectivity index (χ3v) is 3.16. The summed E-state index contributed by atoms with van der Waals surface area (Å²) in [4.78, 5) is 12.0. The van der Waals surface area contributed by atoms with Gasteiger partial charge in [0.2, 0.25) is 0 Å². The molecule has 0 fully saturated rings. The highest BCUT2D eigenvalue weighted by Gasteiger charge is 2.15. The Morgan fingerprint density at radius 2 is 2.10 bits per heavy atom. The van der Waals surface area contributed by atoms with Gasteiger partial charge >= 0.3 is 6.61 Å². The molecule has 0 spiro atoms. The van der Waals surface area contributed by atoms with Crippen molar-refractivity contribution in [2.24, 2.45) is 0 Å². The van der Waals surface area contributed by atoms with Crippen LogP contribution in [0.5, 0.6) is 5.75 Å². The molecule has 0 saturated carbocycles. The number of hydrogen-bond donors (Lipinski definition) is 1. The molecule has 1 amide bonds. The predicted molar refractivity (Wildman–Crippen MR) is 74.6 cm³/mol. The van der Waals surface area contributed by atoms with E-state index in [0.717, 1.165) is 0 Å². The summed E-state index contributed by atoms with van der Waals surface area (Å²) < 4.78 is 33.7. The maximum absolute atomic E-state index is 12.2. The van der Waals surface area contributed by atoms with Crippen LogP contribution < -0.4 is 10.1 Å². The number of amides is 1. The first kappa shape index (κ1) is 16.8. The van der Waals surface area contributed by atoms with E-state index in [1.807, 2.05) is 0 Å². The number of carbonyl (C=O) groups is 1. The number of para-hydroxylation sites is 1. The number of benzene rings is 1. The first-order valence-electron chi connectivity index (χ1n) is 5.99. The van der Waals surface area contributed by atoms with E-state index in [9.17, 15) is 13.6 Å². The van der Waals surface area contributed by atoms with Gasteiger partial charge in [-0.2, -0.15) is 8.78 Å². The molecule has 7 heteroatoms. The van der Waals surface area contributed by atoms with Gasteiger partial charge in [0.1, 0.15) is 5.75 Å². The van der Waals surface area contributed by atoms with Gasteiger partial charge in [-0.1, -0.05) is 28.1 Å². The maximum atomic E-state index is 12.2.